The predicted molar refractivity (Wildman–Crippen MR) is 102 cm³/mol. The molecule has 6 nitrogen and oxygen atoms in total. The zero-order valence-corrected chi connectivity index (χ0v) is 15.6. The Morgan fingerprint density at radius 2 is 1.92 bits per heavy atom. The Kier molecular flexibility index (Phi) is 5.90. The molecule has 1 aromatic heterocycles. The highest BCUT2D eigenvalue weighted by atomic mass is 32.2. The van der Waals surface area contributed by atoms with Crippen molar-refractivity contribution in [2.75, 3.05) is 19.7 Å². The molecule has 0 unspecified atom stereocenters. The number of benzene rings is 2. The molecule has 0 radical (unpaired) electrons. The Hall–Kier alpha value is -2.38. The molecule has 138 valence electrons. The van der Waals surface area contributed by atoms with Crippen LogP contribution < -0.4 is 10.1 Å². The van der Waals surface area contributed by atoms with Crippen molar-refractivity contribution in [2.45, 2.75) is 24.7 Å². The van der Waals surface area contributed by atoms with E-state index in [9.17, 15) is 8.42 Å². The van der Waals surface area contributed by atoms with Gasteiger partial charge in [-0.3, -0.25) is 0 Å². The summed E-state index contributed by atoms with van der Waals surface area (Å²) in [7, 11) is -3.71. The lowest BCUT2D eigenvalue weighted by Crippen LogP contribution is -2.21. The molecule has 3 aromatic rings. The summed E-state index contributed by atoms with van der Waals surface area (Å²) >= 11 is 0. The highest BCUT2D eigenvalue weighted by Gasteiger charge is 2.20. The minimum absolute atomic E-state index is 0.212. The third kappa shape index (κ3) is 4.05. The zero-order valence-electron chi connectivity index (χ0n) is 14.8. The lowest BCUT2D eigenvalue weighted by Gasteiger charge is -2.08. The molecule has 0 saturated carbocycles. The van der Waals surface area contributed by atoms with Crippen molar-refractivity contribution in [1.29, 1.82) is 0 Å². The van der Waals surface area contributed by atoms with Crippen LogP contribution in [0, 0.1) is 0 Å². The van der Waals surface area contributed by atoms with E-state index in [-0.39, 0.29) is 4.90 Å². The van der Waals surface area contributed by atoms with Crippen molar-refractivity contribution in [2.24, 2.45) is 0 Å². The molecule has 0 amide bonds. The Balaban J connectivity index is 1.73. The summed E-state index contributed by atoms with van der Waals surface area (Å²) in [5.41, 5.74) is 0.530. The van der Waals surface area contributed by atoms with Crippen LogP contribution in [0.3, 0.4) is 0 Å². The number of nitrogens with one attached hydrogen (secondary N) is 1. The van der Waals surface area contributed by atoms with Crippen LogP contribution in [-0.2, 0) is 10.0 Å². The van der Waals surface area contributed by atoms with E-state index < -0.39 is 10.0 Å². The Bertz CT molecular complexity index is 953. The summed E-state index contributed by atoms with van der Waals surface area (Å²) in [5.74, 6) is 0.700. The van der Waals surface area contributed by atoms with Gasteiger partial charge in [0.1, 0.15) is 12.4 Å². The van der Waals surface area contributed by atoms with E-state index in [2.05, 4.69) is 17.3 Å². The lowest BCUT2D eigenvalue weighted by molar-refractivity contribution is 0.314. The molecule has 1 heterocycles. The summed E-state index contributed by atoms with van der Waals surface area (Å²) in [6, 6.07) is 13.6. The number of nitrogens with zero attached hydrogens (tertiary/aromatic N) is 2. The second-order valence-corrected chi connectivity index (χ2v) is 7.75. The number of ether oxygens (including phenoxy) is 1. The van der Waals surface area contributed by atoms with Crippen LogP contribution in [0.25, 0.3) is 10.9 Å². The number of unbranched alkanes of at least 4 members (excludes halogenated alkanes) is 1. The fourth-order valence-corrected chi connectivity index (χ4v) is 3.93. The topological polar surface area (TPSA) is 73.2 Å². The molecule has 2 aromatic carbocycles. The average molecular weight is 373 g/mol. The number of aromatic nitrogens is 2. The molecule has 0 aliphatic carbocycles. The Morgan fingerprint density at radius 3 is 2.69 bits per heavy atom. The molecule has 0 saturated heterocycles. The van der Waals surface area contributed by atoms with Crippen molar-refractivity contribution in [1.82, 2.24) is 14.5 Å². The van der Waals surface area contributed by atoms with Crippen LogP contribution in [-0.4, -0.2) is 37.3 Å². The lowest BCUT2D eigenvalue weighted by atomic mass is 10.2. The second-order valence-electron chi connectivity index (χ2n) is 5.98. The maximum absolute atomic E-state index is 12.8. The molecule has 0 bridgehead atoms. The fourth-order valence-electron chi connectivity index (χ4n) is 2.63. The summed E-state index contributed by atoms with van der Waals surface area (Å²) in [4.78, 5) is 0.212. The van der Waals surface area contributed by atoms with E-state index in [1.165, 1.54) is 6.42 Å². The van der Waals surface area contributed by atoms with Gasteiger partial charge in [-0.15, -0.1) is 0 Å². The van der Waals surface area contributed by atoms with Gasteiger partial charge < -0.3 is 10.1 Å². The van der Waals surface area contributed by atoms with Gasteiger partial charge in [0.15, 0.2) is 0 Å². The summed E-state index contributed by atoms with van der Waals surface area (Å²) < 4.78 is 32.3. The van der Waals surface area contributed by atoms with Crippen LogP contribution in [0.4, 0.5) is 0 Å². The predicted octanol–water partition coefficient (Wildman–Crippen LogP) is 3.04. The first-order valence-corrected chi connectivity index (χ1v) is 10.2. The van der Waals surface area contributed by atoms with Crippen LogP contribution in [0.2, 0.25) is 0 Å². The highest BCUT2D eigenvalue weighted by Crippen LogP contribution is 2.24. The first-order chi connectivity index (χ1) is 12.6. The number of hydrogen-bond acceptors (Lipinski definition) is 5. The number of hydrogen-bond donors (Lipinski definition) is 1. The molecule has 1 N–H and O–H groups in total. The first kappa shape index (κ1) is 18.4. The smallest absolute Gasteiger partial charge is 0.283 e. The summed E-state index contributed by atoms with van der Waals surface area (Å²) in [6.45, 7) is 4.49. The van der Waals surface area contributed by atoms with Crippen LogP contribution in [0.1, 0.15) is 19.8 Å². The minimum atomic E-state index is -3.71. The van der Waals surface area contributed by atoms with E-state index in [4.69, 9.17) is 4.74 Å². The van der Waals surface area contributed by atoms with Crippen molar-refractivity contribution in [3.63, 3.8) is 0 Å². The summed E-state index contributed by atoms with van der Waals surface area (Å²) in [5, 5.41) is 8.11. The molecule has 0 aliphatic heterocycles. The largest absolute Gasteiger partial charge is 0.492 e. The van der Waals surface area contributed by atoms with Crippen LogP contribution >= 0.6 is 0 Å². The van der Waals surface area contributed by atoms with E-state index in [1.807, 2.05) is 6.07 Å². The van der Waals surface area contributed by atoms with E-state index >= 15 is 0 Å². The first-order valence-electron chi connectivity index (χ1n) is 8.75. The second kappa shape index (κ2) is 8.33. The van der Waals surface area contributed by atoms with E-state index in [0.29, 0.717) is 17.9 Å². The molecule has 3 rings (SSSR count). The molecule has 0 aliphatic rings. The third-order valence-corrected chi connectivity index (χ3v) is 5.64. The summed E-state index contributed by atoms with van der Waals surface area (Å²) in [6.07, 6.45) is 3.86. The fraction of sp³-hybridized carbons (Fsp3) is 0.316. The number of fused-ring (bicyclic) bond motifs is 1. The Morgan fingerprint density at radius 1 is 1.12 bits per heavy atom. The van der Waals surface area contributed by atoms with Gasteiger partial charge in [0.2, 0.25) is 0 Å². The quantitative estimate of drug-likeness (QED) is 0.584. The molecule has 0 atom stereocenters. The van der Waals surface area contributed by atoms with E-state index in [1.54, 1.807) is 48.7 Å². The third-order valence-electron chi connectivity index (χ3n) is 4.03. The maximum atomic E-state index is 12.8. The van der Waals surface area contributed by atoms with Crippen LogP contribution in [0.5, 0.6) is 5.75 Å². The zero-order chi connectivity index (χ0) is 18.4. The molecule has 7 heteroatoms. The van der Waals surface area contributed by atoms with Gasteiger partial charge in [0, 0.05) is 11.9 Å². The molecular weight excluding hydrogens is 350 g/mol. The molecule has 0 fully saturated rings. The number of rotatable bonds is 9. The van der Waals surface area contributed by atoms with Crippen LogP contribution in [0.15, 0.2) is 59.6 Å². The van der Waals surface area contributed by atoms with Gasteiger partial charge in [0.05, 0.1) is 16.6 Å². The van der Waals surface area contributed by atoms with E-state index in [0.717, 1.165) is 29.0 Å². The SMILES string of the molecule is CCCCNCCOc1ccc2c(cnn2S(=O)(=O)c2ccccc2)c1. The van der Waals surface area contributed by atoms with Gasteiger partial charge in [0.25, 0.3) is 10.0 Å². The van der Waals surface area contributed by atoms with Crippen molar-refractivity contribution >= 4 is 20.9 Å². The molecular formula is C19H23N3O3S. The van der Waals surface area contributed by atoms with Gasteiger partial charge >= 0.3 is 0 Å². The van der Waals surface area contributed by atoms with Crippen molar-refractivity contribution < 1.29 is 13.2 Å². The van der Waals surface area contributed by atoms with Gasteiger partial charge in [-0.2, -0.15) is 17.6 Å². The van der Waals surface area contributed by atoms with Crippen molar-refractivity contribution in [3.8, 4) is 5.75 Å². The van der Waals surface area contributed by atoms with Gasteiger partial charge in [-0.05, 0) is 43.3 Å². The van der Waals surface area contributed by atoms with Crippen molar-refractivity contribution in [3.05, 3.63) is 54.7 Å². The van der Waals surface area contributed by atoms with Gasteiger partial charge in [-0.1, -0.05) is 31.5 Å². The molecule has 0 spiro atoms. The Labute approximate surface area is 153 Å². The monoisotopic (exact) mass is 373 g/mol. The minimum Gasteiger partial charge on any atom is -0.492 e. The molecule has 26 heavy (non-hydrogen) atoms. The van der Waals surface area contributed by atoms with Gasteiger partial charge in [-0.25, -0.2) is 0 Å². The standard InChI is InChI=1S/C19H23N3O3S/c1-2-3-11-20-12-13-25-17-9-10-19-16(14-17)15-21-22(19)26(23,24)18-7-5-4-6-8-18/h4-10,14-15,20H,2-3,11-13H2,1H3. The normalized spacial score (nSPS) is 11.7. The average Bonchev–Trinajstić information content (AvgIpc) is 3.09. The highest BCUT2D eigenvalue weighted by molar-refractivity contribution is 7.90. The maximum Gasteiger partial charge on any atom is 0.283 e.